The zero-order valence-corrected chi connectivity index (χ0v) is 16.9. The molecule has 0 saturated carbocycles. The molecule has 2 aromatic carbocycles. The molecule has 6 heteroatoms. The molecule has 1 atom stereocenters. The van der Waals surface area contributed by atoms with Gasteiger partial charge in [-0.05, 0) is 42.0 Å². The van der Waals surface area contributed by atoms with Crippen molar-refractivity contribution >= 4 is 28.6 Å². The Bertz CT molecular complexity index is 895. The van der Waals surface area contributed by atoms with Crippen molar-refractivity contribution in [1.82, 2.24) is 10.2 Å². The van der Waals surface area contributed by atoms with E-state index in [0.717, 1.165) is 10.8 Å². The highest BCUT2D eigenvalue weighted by Gasteiger charge is 2.30. The number of rotatable bonds is 6. The fourth-order valence-corrected chi connectivity index (χ4v) is 3.91. The molecule has 1 heterocycles. The van der Waals surface area contributed by atoms with Gasteiger partial charge in [0.05, 0.1) is 0 Å². The predicted octanol–water partition coefficient (Wildman–Crippen LogP) is 3.31. The Labute approximate surface area is 170 Å². The number of nitrogens with one attached hydrogen (secondary N) is 1. The number of amides is 2. The first-order valence-corrected chi connectivity index (χ1v) is 10.2. The number of carboxylic acids is 1. The third-order valence-corrected chi connectivity index (χ3v) is 5.49. The van der Waals surface area contributed by atoms with E-state index in [1.165, 1.54) is 0 Å². The van der Waals surface area contributed by atoms with Gasteiger partial charge in [-0.3, -0.25) is 9.59 Å². The van der Waals surface area contributed by atoms with Crippen LogP contribution in [-0.2, 0) is 9.59 Å². The lowest BCUT2D eigenvalue weighted by molar-refractivity contribution is -0.143. The SMILES string of the molecule is CC(C)C[C@@H](NC(=O)C1CCN(C(=O)c2cccc3ccccc23)CC1)C(=O)O. The number of carbonyl (C=O) groups is 3. The molecule has 1 aliphatic heterocycles. The van der Waals surface area contributed by atoms with Gasteiger partial charge in [-0.25, -0.2) is 4.79 Å². The maximum Gasteiger partial charge on any atom is 0.326 e. The number of aliphatic carboxylic acids is 1. The van der Waals surface area contributed by atoms with E-state index >= 15 is 0 Å². The van der Waals surface area contributed by atoms with Gasteiger partial charge in [0.2, 0.25) is 5.91 Å². The summed E-state index contributed by atoms with van der Waals surface area (Å²) in [4.78, 5) is 38.7. The Balaban J connectivity index is 1.62. The molecular formula is C23H28N2O4. The van der Waals surface area contributed by atoms with E-state index in [-0.39, 0.29) is 23.7 Å². The van der Waals surface area contributed by atoms with Crippen molar-refractivity contribution in [1.29, 1.82) is 0 Å². The van der Waals surface area contributed by atoms with Crippen molar-refractivity contribution in [3.8, 4) is 0 Å². The Hall–Kier alpha value is -2.89. The maximum absolute atomic E-state index is 13.0. The number of likely N-dealkylation sites (tertiary alicyclic amines) is 1. The lowest BCUT2D eigenvalue weighted by atomic mass is 9.94. The Kier molecular flexibility index (Phi) is 6.52. The lowest BCUT2D eigenvalue weighted by Gasteiger charge is -2.32. The Morgan fingerprint density at radius 2 is 1.72 bits per heavy atom. The number of piperidine rings is 1. The molecule has 154 valence electrons. The van der Waals surface area contributed by atoms with Crippen LogP contribution in [0.1, 0.15) is 43.5 Å². The first-order valence-electron chi connectivity index (χ1n) is 10.2. The number of hydrogen-bond donors (Lipinski definition) is 2. The van der Waals surface area contributed by atoms with Crippen LogP contribution < -0.4 is 5.32 Å². The minimum atomic E-state index is -1.00. The van der Waals surface area contributed by atoms with E-state index in [0.29, 0.717) is 37.9 Å². The van der Waals surface area contributed by atoms with Crippen LogP contribution in [0.15, 0.2) is 42.5 Å². The zero-order chi connectivity index (χ0) is 21.0. The van der Waals surface area contributed by atoms with Crippen molar-refractivity contribution < 1.29 is 19.5 Å². The summed E-state index contributed by atoms with van der Waals surface area (Å²) < 4.78 is 0. The van der Waals surface area contributed by atoms with Crippen LogP contribution in [0.3, 0.4) is 0 Å². The summed E-state index contributed by atoms with van der Waals surface area (Å²) in [7, 11) is 0. The van der Waals surface area contributed by atoms with Gasteiger partial charge < -0.3 is 15.3 Å². The van der Waals surface area contributed by atoms with Gasteiger partial charge in [0, 0.05) is 24.6 Å². The van der Waals surface area contributed by atoms with Gasteiger partial charge in [-0.1, -0.05) is 50.2 Å². The van der Waals surface area contributed by atoms with Crippen LogP contribution in [0.5, 0.6) is 0 Å². The van der Waals surface area contributed by atoms with Gasteiger partial charge in [0.15, 0.2) is 0 Å². The molecule has 1 fully saturated rings. The first-order chi connectivity index (χ1) is 13.9. The Morgan fingerprint density at radius 1 is 1.07 bits per heavy atom. The fraction of sp³-hybridized carbons (Fsp3) is 0.435. The summed E-state index contributed by atoms with van der Waals surface area (Å²) >= 11 is 0. The molecule has 0 aromatic heterocycles. The second-order valence-corrected chi connectivity index (χ2v) is 8.12. The van der Waals surface area contributed by atoms with Crippen LogP contribution in [0.4, 0.5) is 0 Å². The smallest absolute Gasteiger partial charge is 0.326 e. The van der Waals surface area contributed by atoms with Gasteiger partial charge in [-0.2, -0.15) is 0 Å². The number of nitrogens with zero attached hydrogens (tertiary/aromatic N) is 1. The summed E-state index contributed by atoms with van der Waals surface area (Å²) in [5, 5.41) is 14.0. The minimum Gasteiger partial charge on any atom is -0.480 e. The standard InChI is InChI=1S/C23H28N2O4/c1-15(2)14-20(23(28)29)24-21(26)17-10-12-25(13-11-17)22(27)19-9-5-7-16-6-3-4-8-18(16)19/h3-9,15,17,20H,10-14H2,1-2H3,(H,24,26)(H,28,29)/t20-/m1/s1. The lowest BCUT2D eigenvalue weighted by Crippen LogP contribution is -2.47. The molecule has 2 amide bonds. The molecule has 1 aliphatic rings. The molecule has 2 N–H and O–H groups in total. The van der Waals surface area contributed by atoms with Crippen molar-refractivity contribution in [3.05, 3.63) is 48.0 Å². The monoisotopic (exact) mass is 396 g/mol. The highest BCUT2D eigenvalue weighted by atomic mass is 16.4. The number of carbonyl (C=O) groups excluding carboxylic acids is 2. The van der Waals surface area contributed by atoms with E-state index in [2.05, 4.69) is 5.32 Å². The summed E-state index contributed by atoms with van der Waals surface area (Å²) in [6.07, 6.45) is 1.48. The van der Waals surface area contributed by atoms with Crippen LogP contribution in [-0.4, -0.2) is 46.9 Å². The van der Waals surface area contributed by atoms with E-state index in [1.54, 1.807) is 4.90 Å². The van der Waals surface area contributed by atoms with Gasteiger partial charge in [-0.15, -0.1) is 0 Å². The third-order valence-electron chi connectivity index (χ3n) is 5.49. The topological polar surface area (TPSA) is 86.7 Å². The summed E-state index contributed by atoms with van der Waals surface area (Å²) in [6.45, 7) is 4.84. The summed E-state index contributed by atoms with van der Waals surface area (Å²) in [6, 6.07) is 12.7. The number of carboxylic acid groups (broad SMARTS) is 1. The molecule has 29 heavy (non-hydrogen) atoms. The minimum absolute atomic E-state index is 0.0242. The highest BCUT2D eigenvalue weighted by Crippen LogP contribution is 2.24. The second kappa shape index (κ2) is 9.07. The number of benzene rings is 2. The third kappa shape index (κ3) is 4.94. The van der Waals surface area contributed by atoms with Crippen molar-refractivity contribution in [2.24, 2.45) is 11.8 Å². The molecule has 0 aliphatic carbocycles. The number of hydrogen-bond acceptors (Lipinski definition) is 3. The second-order valence-electron chi connectivity index (χ2n) is 8.12. The molecule has 6 nitrogen and oxygen atoms in total. The Morgan fingerprint density at radius 3 is 2.38 bits per heavy atom. The molecule has 0 bridgehead atoms. The zero-order valence-electron chi connectivity index (χ0n) is 16.9. The van der Waals surface area contributed by atoms with Crippen molar-refractivity contribution in [3.63, 3.8) is 0 Å². The van der Waals surface area contributed by atoms with E-state index in [1.807, 2.05) is 56.3 Å². The fourth-order valence-electron chi connectivity index (χ4n) is 3.91. The van der Waals surface area contributed by atoms with Crippen LogP contribution in [0.2, 0.25) is 0 Å². The van der Waals surface area contributed by atoms with Gasteiger partial charge >= 0.3 is 5.97 Å². The average Bonchev–Trinajstić information content (AvgIpc) is 2.72. The quantitative estimate of drug-likeness (QED) is 0.784. The number of fused-ring (bicyclic) bond motifs is 1. The van der Waals surface area contributed by atoms with E-state index in [4.69, 9.17) is 0 Å². The molecule has 0 spiro atoms. The molecule has 1 saturated heterocycles. The largest absolute Gasteiger partial charge is 0.480 e. The summed E-state index contributed by atoms with van der Waals surface area (Å²) in [5.74, 6) is -1.34. The average molecular weight is 396 g/mol. The molecule has 2 aromatic rings. The van der Waals surface area contributed by atoms with Gasteiger partial charge in [0.25, 0.3) is 5.91 Å². The van der Waals surface area contributed by atoms with E-state index < -0.39 is 12.0 Å². The normalized spacial score (nSPS) is 16.0. The summed E-state index contributed by atoms with van der Waals surface area (Å²) in [5.41, 5.74) is 0.675. The van der Waals surface area contributed by atoms with Crippen LogP contribution >= 0.6 is 0 Å². The maximum atomic E-state index is 13.0. The van der Waals surface area contributed by atoms with Crippen molar-refractivity contribution in [2.75, 3.05) is 13.1 Å². The molecule has 3 rings (SSSR count). The van der Waals surface area contributed by atoms with Gasteiger partial charge in [0.1, 0.15) is 6.04 Å². The molecular weight excluding hydrogens is 368 g/mol. The highest BCUT2D eigenvalue weighted by molar-refractivity contribution is 6.07. The van der Waals surface area contributed by atoms with Crippen LogP contribution in [0.25, 0.3) is 10.8 Å². The molecule has 0 radical (unpaired) electrons. The van der Waals surface area contributed by atoms with E-state index in [9.17, 15) is 19.5 Å². The predicted molar refractivity (Wildman–Crippen MR) is 112 cm³/mol. The first kappa shape index (κ1) is 20.8. The van der Waals surface area contributed by atoms with Crippen molar-refractivity contribution in [2.45, 2.75) is 39.2 Å². The van der Waals surface area contributed by atoms with Crippen LogP contribution in [0, 0.1) is 11.8 Å². The molecule has 0 unspecified atom stereocenters.